The van der Waals surface area contributed by atoms with E-state index in [0.717, 1.165) is 36.1 Å². The summed E-state index contributed by atoms with van der Waals surface area (Å²) in [6, 6.07) is 13.7. The van der Waals surface area contributed by atoms with Crippen LogP contribution in [0.3, 0.4) is 0 Å². The number of ether oxygens (including phenoxy) is 2. The fourth-order valence-corrected chi connectivity index (χ4v) is 4.14. The Morgan fingerprint density at radius 3 is 2.66 bits per heavy atom. The number of nitrogens with zero attached hydrogens (tertiary/aromatic N) is 1. The maximum absolute atomic E-state index is 12.7. The molecule has 1 amide bonds. The van der Waals surface area contributed by atoms with Gasteiger partial charge in [0.25, 0.3) is 5.91 Å². The number of carbonyl (C=O) groups is 1. The Bertz CT molecular complexity index is 850. The first kappa shape index (κ1) is 19.8. The molecule has 29 heavy (non-hydrogen) atoms. The van der Waals surface area contributed by atoms with Gasteiger partial charge in [0.05, 0.1) is 6.04 Å². The zero-order valence-electron chi connectivity index (χ0n) is 17.3. The second-order valence-corrected chi connectivity index (χ2v) is 8.28. The molecule has 0 spiro atoms. The number of rotatable bonds is 5. The molecule has 1 fully saturated rings. The SMILES string of the molecule is C[C@H]1CCCN(Cc2ccc(C(=O)N[C@@H](C)c3ccc4c(c3)OCCO4)cc2)C1. The van der Waals surface area contributed by atoms with E-state index in [2.05, 4.69) is 29.3 Å². The number of likely N-dealkylation sites (tertiary alicyclic amines) is 1. The van der Waals surface area contributed by atoms with Crippen LogP contribution in [0, 0.1) is 5.92 Å². The maximum atomic E-state index is 12.7. The molecule has 1 N–H and O–H groups in total. The van der Waals surface area contributed by atoms with Gasteiger partial charge < -0.3 is 14.8 Å². The minimum absolute atomic E-state index is 0.0643. The van der Waals surface area contributed by atoms with Gasteiger partial charge in [0.15, 0.2) is 11.5 Å². The quantitative estimate of drug-likeness (QED) is 0.827. The van der Waals surface area contributed by atoms with Crippen LogP contribution in [0.5, 0.6) is 11.5 Å². The zero-order valence-corrected chi connectivity index (χ0v) is 17.3. The third-order valence-electron chi connectivity index (χ3n) is 5.78. The minimum atomic E-state index is -0.118. The number of carbonyl (C=O) groups excluding carboxylic acids is 1. The third kappa shape index (κ3) is 4.91. The van der Waals surface area contributed by atoms with Crippen LogP contribution < -0.4 is 14.8 Å². The summed E-state index contributed by atoms with van der Waals surface area (Å²) in [5, 5.41) is 3.08. The van der Waals surface area contributed by atoms with Crippen LogP contribution in [-0.4, -0.2) is 37.1 Å². The Hall–Kier alpha value is -2.53. The first-order valence-corrected chi connectivity index (χ1v) is 10.6. The first-order valence-electron chi connectivity index (χ1n) is 10.6. The van der Waals surface area contributed by atoms with Crippen LogP contribution in [-0.2, 0) is 6.54 Å². The van der Waals surface area contributed by atoms with Crippen molar-refractivity contribution in [1.29, 1.82) is 0 Å². The number of nitrogens with one attached hydrogen (secondary N) is 1. The summed E-state index contributed by atoms with van der Waals surface area (Å²) >= 11 is 0. The van der Waals surface area contributed by atoms with Crippen molar-refractivity contribution >= 4 is 5.91 Å². The van der Waals surface area contributed by atoms with Gasteiger partial charge in [-0.3, -0.25) is 9.69 Å². The standard InChI is InChI=1S/C24H30N2O3/c1-17-4-3-11-26(15-17)16-19-5-7-20(8-6-19)24(27)25-18(2)21-9-10-22-23(14-21)29-13-12-28-22/h5-10,14,17-18H,3-4,11-13,15-16H2,1-2H3,(H,25,27)/t17-,18-/m0/s1. The Balaban J connectivity index is 1.35. The lowest BCUT2D eigenvalue weighted by molar-refractivity contribution is 0.0939. The molecule has 2 aromatic carbocycles. The lowest BCUT2D eigenvalue weighted by atomic mass is 9.99. The summed E-state index contributed by atoms with van der Waals surface area (Å²) < 4.78 is 11.2. The van der Waals surface area contributed by atoms with Crippen LogP contribution in [0.4, 0.5) is 0 Å². The van der Waals surface area contributed by atoms with E-state index >= 15 is 0 Å². The van der Waals surface area contributed by atoms with Crippen LogP contribution in [0.25, 0.3) is 0 Å². The molecule has 5 nitrogen and oxygen atoms in total. The summed E-state index contributed by atoms with van der Waals surface area (Å²) in [7, 11) is 0. The van der Waals surface area contributed by atoms with Crippen molar-refractivity contribution in [3.05, 3.63) is 59.2 Å². The molecule has 2 aliphatic rings. The molecule has 0 aliphatic carbocycles. The van der Waals surface area contributed by atoms with Crippen molar-refractivity contribution in [2.75, 3.05) is 26.3 Å². The normalized spacial score (nSPS) is 20.1. The predicted molar refractivity (Wildman–Crippen MR) is 113 cm³/mol. The van der Waals surface area contributed by atoms with E-state index in [-0.39, 0.29) is 11.9 Å². The van der Waals surface area contributed by atoms with Gasteiger partial charge in [0.1, 0.15) is 13.2 Å². The van der Waals surface area contributed by atoms with Crippen LogP contribution >= 0.6 is 0 Å². The molecule has 0 aromatic heterocycles. The molecular formula is C24H30N2O3. The van der Waals surface area contributed by atoms with Gasteiger partial charge in [0.2, 0.25) is 0 Å². The van der Waals surface area contributed by atoms with Gasteiger partial charge in [-0.15, -0.1) is 0 Å². The summed E-state index contributed by atoms with van der Waals surface area (Å²) in [5.74, 6) is 2.21. The molecule has 1 saturated heterocycles. The molecule has 0 bridgehead atoms. The van der Waals surface area contributed by atoms with Gasteiger partial charge in [0, 0.05) is 18.7 Å². The lowest BCUT2D eigenvalue weighted by Crippen LogP contribution is -2.33. The van der Waals surface area contributed by atoms with Crippen molar-refractivity contribution in [2.45, 2.75) is 39.3 Å². The van der Waals surface area contributed by atoms with Crippen LogP contribution in [0.1, 0.15) is 54.2 Å². The van der Waals surface area contributed by atoms with Gasteiger partial charge in [-0.25, -0.2) is 0 Å². The Morgan fingerprint density at radius 2 is 1.90 bits per heavy atom. The highest BCUT2D eigenvalue weighted by Gasteiger charge is 2.18. The molecule has 154 valence electrons. The highest BCUT2D eigenvalue weighted by molar-refractivity contribution is 5.94. The van der Waals surface area contributed by atoms with E-state index in [1.165, 1.54) is 24.9 Å². The Labute approximate surface area is 173 Å². The van der Waals surface area contributed by atoms with Crippen LogP contribution in [0.2, 0.25) is 0 Å². The topological polar surface area (TPSA) is 50.8 Å². The molecule has 2 heterocycles. The van der Waals surface area contributed by atoms with Crippen molar-refractivity contribution in [2.24, 2.45) is 5.92 Å². The number of piperidine rings is 1. The Morgan fingerprint density at radius 1 is 1.14 bits per heavy atom. The van der Waals surface area contributed by atoms with Crippen molar-refractivity contribution in [3.63, 3.8) is 0 Å². The van der Waals surface area contributed by atoms with Gasteiger partial charge >= 0.3 is 0 Å². The molecule has 0 unspecified atom stereocenters. The van der Waals surface area contributed by atoms with E-state index in [4.69, 9.17) is 9.47 Å². The van der Waals surface area contributed by atoms with Crippen LogP contribution in [0.15, 0.2) is 42.5 Å². The second kappa shape index (κ2) is 8.87. The fraction of sp³-hybridized carbons (Fsp3) is 0.458. The van der Waals surface area contributed by atoms with E-state index in [1.807, 2.05) is 37.3 Å². The van der Waals surface area contributed by atoms with E-state index in [9.17, 15) is 4.79 Å². The fourth-order valence-electron chi connectivity index (χ4n) is 4.14. The first-order chi connectivity index (χ1) is 14.1. The number of hydrogen-bond acceptors (Lipinski definition) is 4. The summed E-state index contributed by atoms with van der Waals surface area (Å²) in [4.78, 5) is 15.2. The number of hydrogen-bond donors (Lipinski definition) is 1. The molecule has 2 atom stereocenters. The maximum Gasteiger partial charge on any atom is 0.251 e. The van der Waals surface area contributed by atoms with Crippen molar-refractivity contribution < 1.29 is 14.3 Å². The number of benzene rings is 2. The Kier molecular flexibility index (Phi) is 6.05. The smallest absolute Gasteiger partial charge is 0.251 e. The molecule has 5 heteroatoms. The van der Waals surface area contributed by atoms with Gasteiger partial charge in [-0.05, 0) is 67.6 Å². The molecular weight excluding hydrogens is 364 g/mol. The van der Waals surface area contributed by atoms with E-state index in [1.54, 1.807) is 0 Å². The zero-order chi connectivity index (χ0) is 20.2. The highest BCUT2D eigenvalue weighted by Crippen LogP contribution is 2.32. The minimum Gasteiger partial charge on any atom is -0.486 e. The number of amides is 1. The number of fused-ring (bicyclic) bond motifs is 1. The average molecular weight is 395 g/mol. The van der Waals surface area contributed by atoms with Crippen molar-refractivity contribution in [1.82, 2.24) is 10.2 Å². The molecule has 0 saturated carbocycles. The third-order valence-corrected chi connectivity index (χ3v) is 5.78. The summed E-state index contributed by atoms with van der Waals surface area (Å²) in [5.41, 5.74) is 2.94. The van der Waals surface area contributed by atoms with E-state index < -0.39 is 0 Å². The lowest BCUT2D eigenvalue weighted by Gasteiger charge is -2.30. The summed E-state index contributed by atoms with van der Waals surface area (Å²) in [6.45, 7) is 8.72. The highest BCUT2D eigenvalue weighted by atomic mass is 16.6. The van der Waals surface area contributed by atoms with Crippen molar-refractivity contribution in [3.8, 4) is 11.5 Å². The largest absolute Gasteiger partial charge is 0.486 e. The van der Waals surface area contributed by atoms with Gasteiger partial charge in [-0.1, -0.05) is 25.1 Å². The summed E-state index contributed by atoms with van der Waals surface area (Å²) in [6.07, 6.45) is 2.61. The molecule has 0 radical (unpaired) electrons. The second-order valence-electron chi connectivity index (χ2n) is 8.28. The average Bonchev–Trinajstić information content (AvgIpc) is 2.74. The molecule has 2 aromatic rings. The monoisotopic (exact) mass is 394 g/mol. The molecule has 2 aliphatic heterocycles. The predicted octanol–water partition coefficient (Wildman–Crippen LogP) is 4.18. The van der Waals surface area contributed by atoms with E-state index in [0.29, 0.717) is 18.8 Å². The van der Waals surface area contributed by atoms with Gasteiger partial charge in [-0.2, -0.15) is 0 Å². The molecule has 4 rings (SSSR count).